The minimum Gasteiger partial charge on any atom is -0.468 e. The van der Waals surface area contributed by atoms with Crippen LogP contribution >= 0.6 is 11.6 Å². The first-order valence-electron chi connectivity index (χ1n) is 7.24. The number of carbonyl (C=O) groups is 2. The third-order valence-corrected chi connectivity index (χ3v) is 3.87. The van der Waals surface area contributed by atoms with Crippen molar-refractivity contribution in [2.45, 2.75) is 12.3 Å². The maximum absolute atomic E-state index is 12.2. The highest BCUT2D eigenvalue weighted by Gasteiger charge is 2.20. The van der Waals surface area contributed by atoms with Crippen LogP contribution in [-0.2, 0) is 14.3 Å². The summed E-state index contributed by atoms with van der Waals surface area (Å²) >= 11 is 6.30. The quantitative estimate of drug-likeness (QED) is 0.827. The lowest BCUT2D eigenvalue weighted by atomic mass is 9.88. The van der Waals surface area contributed by atoms with Gasteiger partial charge in [-0.2, -0.15) is 0 Å². The minimum absolute atomic E-state index is 0.140. The first-order chi connectivity index (χ1) is 11.1. The summed E-state index contributed by atoms with van der Waals surface area (Å²) < 4.78 is 4.52. The number of hydrogen-bond donors (Lipinski definition) is 1. The molecule has 0 aromatic heterocycles. The average molecular weight is 332 g/mol. The van der Waals surface area contributed by atoms with E-state index in [-0.39, 0.29) is 24.8 Å². The number of benzene rings is 2. The maximum Gasteiger partial charge on any atom is 0.325 e. The fourth-order valence-electron chi connectivity index (χ4n) is 2.35. The van der Waals surface area contributed by atoms with Crippen molar-refractivity contribution in [2.24, 2.45) is 0 Å². The maximum atomic E-state index is 12.2. The van der Waals surface area contributed by atoms with Crippen LogP contribution in [0.4, 0.5) is 0 Å². The van der Waals surface area contributed by atoms with Crippen LogP contribution in [0, 0.1) is 0 Å². The summed E-state index contributed by atoms with van der Waals surface area (Å²) in [5.41, 5.74) is 1.88. The van der Waals surface area contributed by atoms with E-state index >= 15 is 0 Å². The normalized spacial score (nSPS) is 11.6. The van der Waals surface area contributed by atoms with Gasteiger partial charge in [0.05, 0.1) is 7.11 Å². The second-order valence-corrected chi connectivity index (χ2v) is 5.45. The molecule has 23 heavy (non-hydrogen) atoms. The van der Waals surface area contributed by atoms with Crippen LogP contribution in [0.15, 0.2) is 54.6 Å². The number of rotatable bonds is 6. The van der Waals surface area contributed by atoms with Crippen molar-refractivity contribution in [1.82, 2.24) is 5.32 Å². The highest BCUT2D eigenvalue weighted by Crippen LogP contribution is 2.32. The lowest BCUT2D eigenvalue weighted by molar-refractivity contribution is -0.141. The van der Waals surface area contributed by atoms with Gasteiger partial charge in [0.15, 0.2) is 0 Å². The van der Waals surface area contributed by atoms with Crippen molar-refractivity contribution in [3.05, 3.63) is 70.7 Å². The molecule has 0 saturated heterocycles. The van der Waals surface area contributed by atoms with Gasteiger partial charge in [0.2, 0.25) is 5.91 Å². The molecule has 0 radical (unpaired) electrons. The molecular formula is C18H18ClNO3. The summed E-state index contributed by atoms with van der Waals surface area (Å²) in [6, 6.07) is 17.1. The molecule has 0 aliphatic rings. The number of methoxy groups -OCH3 is 1. The Hall–Kier alpha value is -2.33. The first kappa shape index (κ1) is 17.0. The molecular weight excluding hydrogens is 314 g/mol. The van der Waals surface area contributed by atoms with Crippen LogP contribution in [0.1, 0.15) is 23.5 Å². The number of halogens is 1. The predicted octanol–water partition coefficient (Wildman–Crippen LogP) is 3.15. The van der Waals surface area contributed by atoms with Gasteiger partial charge in [-0.1, -0.05) is 60.1 Å². The van der Waals surface area contributed by atoms with Crippen LogP contribution in [0.2, 0.25) is 5.02 Å². The average Bonchev–Trinajstić information content (AvgIpc) is 2.59. The highest BCUT2D eigenvalue weighted by atomic mass is 35.5. The van der Waals surface area contributed by atoms with Crippen molar-refractivity contribution in [1.29, 1.82) is 0 Å². The predicted molar refractivity (Wildman–Crippen MR) is 89.4 cm³/mol. The molecule has 120 valence electrons. The molecule has 1 N–H and O–H groups in total. The van der Waals surface area contributed by atoms with Crippen molar-refractivity contribution >= 4 is 23.5 Å². The molecule has 0 bridgehead atoms. The van der Waals surface area contributed by atoms with E-state index in [1.165, 1.54) is 7.11 Å². The second kappa shape index (κ2) is 8.34. The van der Waals surface area contributed by atoms with E-state index in [1.807, 2.05) is 48.5 Å². The standard InChI is InChI=1S/C18H18ClNO3/c1-23-18(22)12-20-17(21)11-15(13-7-3-2-4-8-13)14-9-5-6-10-16(14)19/h2-10,15H,11-12H2,1H3,(H,20,21)/t15-/m0/s1. The summed E-state index contributed by atoms with van der Waals surface area (Å²) in [7, 11) is 1.28. The number of esters is 1. The molecule has 5 heteroatoms. The molecule has 2 aromatic carbocycles. The molecule has 2 rings (SSSR count). The van der Waals surface area contributed by atoms with Gasteiger partial charge in [-0.05, 0) is 17.2 Å². The van der Waals surface area contributed by atoms with E-state index in [2.05, 4.69) is 10.1 Å². The topological polar surface area (TPSA) is 55.4 Å². The van der Waals surface area contributed by atoms with Gasteiger partial charge in [0, 0.05) is 17.4 Å². The molecule has 0 unspecified atom stereocenters. The van der Waals surface area contributed by atoms with Gasteiger partial charge >= 0.3 is 5.97 Å². The minimum atomic E-state index is -0.479. The van der Waals surface area contributed by atoms with E-state index in [1.54, 1.807) is 6.07 Å². The molecule has 0 saturated carbocycles. The Balaban J connectivity index is 2.20. The zero-order valence-electron chi connectivity index (χ0n) is 12.8. The summed E-state index contributed by atoms with van der Waals surface area (Å²) in [5, 5.41) is 3.18. The van der Waals surface area contributed by atoms with Crippen molar-refractivity contribution in [3.8, 4) is 0 Å². The van der Waals surface area contributed by atoms with Crippen LogP contribution in [0.3, 0.4) is 0 Å². The Morgan fingerprint density at radius 1 is 1.09 bits per heavy atom. The molecule has 0 heterocycles. The SMILES string of the molecule is COC(=O)CNC(=O)C[C@@H](c1ccccc1)c1ccccc1Cl. The van der Waals surface area contributed by atoms with Crippen LogP contribution in [0.5, 0.6) is 0 Å². The summed E-state index contributed by atoms with van der Waals surface area (Å²) in [6.45, 7) is -0.140. The van der Waals surface area contributed by atoms with Gasteiger partial charge in [-0.15, -0.1) is 0 Å². The van der Waals surface area contributed by atoms with Crippen LogP contribution < -0.4 is 5.32 Å². The number of amides is 1. The van der Waals surface area contributed by atoms with E-state index in [0.29, 0.717) is 5.02 Å². The van der Waals surface area contributed by atoms with E-state index in [9.17, 15) is 9.59 Å². The molecule has 0 spiro atoms. The van der Waals surface area contributed by atoms with Gasteiger partial charge in [0.1, 0.15) is 6.54 Å². The van der Waals surface area contributed by atoms with Crippen LogP contribution in [-0.4, -0.2) is 25.5 Å². The summed E-state index contributed by atoms with van der Waals surface area (Å²) in [4.78, 5) is 23.3. The Morgan fingerprint density at radius 2 is 1.74 bits per heavy atom. The van der Waals surface area contributed by atoms with E-state index < -0.39 is 5.97 Å². The van der Waals surface area contributed by atoms with Crippen LogP contribution in [0.25, 0.3) is 0 Å². The monoisotopic (exact) mass is 331 g/mol. The number of nitrogens with one attached hydrogen (secondary N) is 1. The first-order valence-corrected chi connectivity index (χ1v) is 7.62. The molecule has 0 aliphatic carbocycles. The molecule has 0 aliphatic heterocycles. The molecule has 1 amide bonds. The van der Waals surface area contributed by atoms with Gasteiger partial charge in [-0.25, -0.2) is 0 Å². The summed E-state index contributed by atoms with van der Waals surface area (Å²) in [5.74, 6) is -0.890. The third kappa shape index (κ3) is 4.83. The summed E-state index contributed by atoms with van der Waals surface area (Å²) in [6.07, 6.45) is 0.199. The lowest BCUT2D eigenvalue weighted by Crippen LogP contribution is -2.31. The largest absolute Gasteiger partial charge is 0.468 e. The lowest BCUT2D eigenvalue weighted by Gasteiger charge is -2.19. The van der Waals surface area contributed by atoms with Gasteiger partial charge in [0.25, 0.3) is 0 Å². The van der Waals surface area contributed by atoms with Gasteiger partial charge < -0.3 is 10.1 Å². The molecule has 2 aromatic rings. The molecule has 1 atom stereocenters. The third-order valence-electron chi connectivity index (χ3n) is 3.53. The highest BCUT2D eigenvalue weighted by molar-refractivity contribution is 6.31. The molecule has 4 nitrogen and oxygen atoms in total. The molecule has 0 fully saturated rings. The number of carbonyl (C=O) groups excluding carboxylic acids is 2. The zero-order chi connectivity index (χ0) is 16.7. The Labute approximate surface area is 140 Å². The Morgan fingerprint density at radius 3 is 2.39 bits per heavy atom. The number of hydrogen-bond acceptors (Lipinski definition) is 3. The Bertz CT molecular complexity index is 673. The Kier molecular flexibility index (Phi) is 6.18. The van der Waals surface area contributed by atoms with Crippen molar-refractivity contribution in [2.75, 3.05) is 13.7 Å². The zero-order valence-corrected chi connectivity index (χ0v) is 13.5. The van der Waals surface area contributed by atoms with Crippen molar-refractivity contribution in [3.63, 3.8) is 0 Å². The van der Waals surface area contributed by atoms with E-state index in [0.717, 1.165) is 11.1 Å². The van der Waals surface area contributed by atoms with Crippen molar-refractivity contribution < 1.29 is 14.3 Å². The number of ether oxygens (including phenoxy) is 1. The fraction of sp³-hybridized carbons (Fsp3) is 0.222. The van der Waals surface area contributed by atoms with Gasteiger partial charge in [-0.3, -0.25) is 9.59 Å². The fourth-order valence-corrected chi connectivity index (χ4v) is 2.62. The second-order valence-electron chi connectivity index (χ2n) is 5.04. The smallest absolute Gasteiger partial charge is 0.325 e. The van der Waals surface area contributed by atoms with E-state index in [4.69, 9.17) is 11.6 Å².